The van der Waals surface area contributed by atoms with E-state index in [0.29, 0.717) is 24.8 Å². The van der Waals surface area contributed by atoms with Crippen LogP contribution in [0.2, 0.25) is 0 Å². The molecule has 1 atom stereocenters. The number of benzene rings is 2. The summed E-state index contributed by atoms with van der Waals surface area (Å²) in [4.78, 5) is 27.8. The molecule has 1 N–H and O–H groups in total. The molecule has 4 rings (SSSR count). The molecule has 31 heavy (non-hydrogen) atoms. The first kappa shape index (κ1) is 21.4. The summed E-state index contributed by atoms with van der Waals surface area (Å²) in [7, 11) is 0. The predicted octanol–water partition coefficient (Wildman–Crippen LogP) is 5.00. The lowest BCUT2D eigenvalue weighted by molar-refractivity contribution is -0.168. The van der Waals surface area contributed by atoms with Crippen molar-refractivity contribution in [2.45, 2.75) is 62.8 Å². The molecule has 164 valence electrons. The van der Waals surface area contributed by atoms with Crippen LogP contribution >= 0.6 is 0 Å². The summed E-state index contributed by atoms with van der Waals surface area (Å²) in [5.74, 6) is -0.249. The second-order valence-corrected chi connectivity index (χ2v) is 8.36. The van der Waals surface area contributed by atoms with Crippen molar-refractivity contribution in [1.29, 1.82) is 0 Å². The summed E-state index contributed by atoms with van der Waals surface area (Å²) in [5, 5.41) is 2.90. The first-order valence-corrected chi connectivity index (χ1v) is 10.6. The van der Waals surface area contributed by atoms with Crippen molar-refractivity contribution >= 4 is 11.8 Å². The van der Waals surface area contributed by atoms with Gasteiger partial charge in [0.25, 0.3) is 0 Å². The molecule has 0 radical (unpaired) electrons. The number of hydrogen-bond acceptors (Lipinski definition) is 2. The van der Waals surface area contributed by atoms with E-state index in [0.717, 1.165) is 37.0 Å². The molecule has 1 heterocycles. The maximum Gasteiger partial charge on any atom is 0.416 e. The van der Waals surface area contributed by atoms with E-state index in [2.05, 4.69) is 5.32 Å². The SMILES string of the molecule is O=C1CC(c2ccccc2)N1C1(C(=O)NCc2ccc(C(F)(F)F)cc2)CCCCC1. The maximum atomic E-state index is 13.4. The lowest BCUT2D eigenvalue weighted by Gasteiger charge is -2.54. The molecule has 2 amide bonds. The van der Waals surface area contributed by atoms with Crippen LogP contribution in [-0.2, 0) is 22.3 Å². The third kappa shape index (κ3) is 4.18. The van der Waals surface area contributed by atoms with Gasteiger partial charge < -0.3 is 10.2 Å². The largest absolute Gasteiger partial charge is 0.416 e. The number of likely N-dealkylation sites (tertiary alicyclic amines) is 1. The van der Waals surface area contributed by atoms with Gasteiger partial charge in [-0.15, -0.1) is 0 Å². The zero-order chi connectivity index (χ0) is 22.1. The first-order chi connectivity index (χ1) is 14.8. The Morgan fingerprint density at radius 2 is 1.65 bits per heavy atom. The van der Waals surface area contributed by atoms with Crippen LogP contribution in [-0.4, -0.2) is 22.3 Å². The minimum absolute atomic E-state index is 0.0274. The van der Waals surface area contributed by atoms with Crippen LogP contribution in [0.3, 0.4) is 0 Å². The van der Waals surface area contributed by atoms with Crippen molar-refractivity contribution < 1.29 is 22.8 Å². The quantitative estimate of drug-likeness (QED) is 0.679. The Morgan fingerprint density at radius 3 is 2.23 bits per heavy atom. The van der Waals surface area contributed by atoms with Gasteiger partial charge in [0.05, 0.1) is 18.0 Å². The highest BCUT2D eigenvalue weighted by atomic mass is 19.4. The topological polar surface area (TPSA) is 49.4 Å². The number of rotatable bonds is 5. The molecule has 4 nitrogen and oxygen atoms in total. The summed E-state index contributed by atoms with van der Waals surface area (Å²) >= 11 is 0. The number of alkyl halides is 3. The number of halogens is 3. The molecule has 2 aliphatic rings. The first-order valence-electron chi connectivity index (χ1n) is 10.6. The fourth-order valence-corrected chi connectivity index (χ4v) is 4.77. The van der Waals surface area contributed by atoms with Crippen molar-refractivity contribution in [2.24, 2.45) is 0 Å². The van der Waals surface area contributed by atoms with E-state index >= 15 is 0 Å². The second kappa shape index (κ2) is 8.36. The van der Waals surface area contributed by atoms with Crippen LogP contribution in [0.15, 0.2) is 54.6 Å². The van der Waals surface area contributed by atoms with Crippen molar-refractivity contribution in [3.05, 3.63) is 71.3 Å². The van der Waals surface area contributed by atoms with Crippen LogP contribution in [0, 0.1) is 0 Å². The highest BCUT2D eigenvalue weighted by Gasteiger charge is 2.54. The molecular weight excluding hydrogens is 405 g/mol. The van der Waals surface area contributed by atoms with E-state index in [-0.39, 0.29) is 24.4 Å². The summed E-state index contributed by atoms with van der Waals surface area (Å²) in [6.45, 7) is 0.122. The number of amides is 2. The smallest absolute Gasteiger partial charge is 0.350 e. The molecule has 1 saturated heterocycles. The van der Waals surface area contributed by atoms with E-state index in [1.807, 2.05) is 30.3 Å². The monoisotopic (exact) mass is 430 g/mol. The van der Waals surface area contributed by atoms with E-state index in [1.165, 1.54) is 12.1 Å². The van der Waals surface area contributed by atoms with Crippen molar-refractivity contribution in [2.75, 3.05) is 0 Å². The number of nitrogens with one attached hydrogen (secondary N) is 1. The number of nitrogens with zero attached hydrogens (tertiary/aromatic N) is 1. The normalized spacial score (nSPS) is 20.8. The molecule has 2 fully saturated rings. The van der Waals surface area contributed by atoms with Gasteiger partial charge in [-0.3, -0.25) is 9.59 Å². The number of hydrogen-bond donors (Lipinski definition) is 1. The highest BCUT2D eigenvalue weighted by Crippen LogP contribution is 2.46. The third-order valence-electron chi connectivity index (χ3n) is 6.43. The lowest BCUT2D eigenvalue weighted by Crippen LogP contribution is -2.66. The Labute approximate surface area is 179 Å². The summed E-state index contributed by atoms with van der Waals surface area (Å²) in [5.41, 5.74) is -0.0207. The standard InChI is InChI=1S/C24H25F3N2O2/c25-24(26,27)19-11-9-17(10-12-19)16-28-22(31)23(13-5-2-6-14-23)29-20(15-21(29)30)18-7-3-1-4-8-18/h1,3-4,7-12,20H,2,5-6,13-16H2,(H,28,31). The van der Waals surface area contributed by atoms with Crippen LogP contribution in [0.1, 0.15) is 61.3 Å². The predicted molar refractivity (Wildman–Crippen MR) is 110 cm³/mol. The zero-order valence-electron chi connectivity index (χ0n) is 17.1. The van der Waals surface area contributed by atoms with Gasteiger partial charge in [0.2, 0.25) is 11.8 Å². The molecule has 1 unspecified atom stereocenters. The van der Waals surface area contributed by atoms with Crippen LogP contribution < -0.4 is 5.32 Å². The van der Waals surface area contributed by atoms with E-state index in [1.54, 1.807) is 4.90 Å². The van der Waals surface area contributed by atoms with E-state index in [9.17, 15) is 22.8 Å². The number of carbonyl (C=O) groups is 2. The molecule has 2 aromatic carbocycles. The van der Waals surface area contributed by atoms with Crippen molar-refractivity contribution in [1.82, 2.24) is 10.2 Å². The van der Waals surface area contributed by atoms with Gasteiger partial charge in [-0.1, -0.05) is 61.7 Å². The Hall–Kier alpha value is -2.83. The van der Waals surface area contributed by atoms with Crippen LogP contribution in [0.4, 0.5) is 13.2 Å². The van der Waals surface area contributed by atoms with E-state index in [4.69, 9.17) is 0 Å². The van der Waals surface area contributed by atoms with Gasteiger partial charge in [-0.25, -0.2) is 0 Å². The molecule has 1 saturated carbocycles. The Balaban J connectivity index is 1.52. The molecule has 1 aliphatic heterocycles. The average Bonchev–Trinajstić information content (AvgIpc) is 2.76. The molecule has 0 aromatic heterocycles. The molecule has 7 heteroatoms. The molecule has 1 aliphatic carbocycles. The Morgan fingerprint density at radius 1 is 1.00 bits per heavy atom. The van der Waals surface area contributed by atoms with Gasteiger partial charge >= 0.3 is 6.18 Å². The fourth-order valence-electron chi connectivity index (χ4n) is 4.77. The van der Waals surface area contributed by atoms with Gasteiger partial charge in [0, 0.05) is 6.54 Å². The lowest BCUT2D eigenvalue weighted by atomic mass is 9.75. The van der Waals surface area contributed by atoms with Crippen LogP contribution in [0.25, 0.3) is 0 Å². The van der Waals surface area contributed by atoms with Crippen molar-refractivity contribution in [3.63, 3.8) is 0 Å². The molecular formula is C24H25F3N2O2. The average molecular weight is 430 g/mol. The number of β-lactam (4-membered cyclic amide) rings is 1. The Kier molecular flexibility index (Phi) is 5.77. The van der Waals surface area contributed by atoms with Crippen molar-refractivity contribution in [3.8, 4) is 0 Å². The van der Waals surface area contributed by atoms with Gasteiger partial charge in [0.15, 0.2) is 0 Å². The Bertz CT molecular complexity index is 936. The zero-order valence-corrected chi connectivity index (χ0v) is 17.1. The second-order valence-electron chi connectivity index (χ2n) is 8.36. The highest BCUT2D eigenvalue weighted by molar-refractivity contribution is 5.95. The van der Waals surface area contributed by atoms with Gasteiger partial charge in [0.1, 0.15) is 5.54 Å². The van der Waals surface area contributed by atoms with Crippen LogP contribution in [0.5, 0.6) is 0 Å². The molecule has 0 spiro atoms. The fraction of sp³-hybridized carbons (Fsp3) is 0.417. The van der Waals surface area contributed by atoms with Gasteiger partial charge in [-0.05, 0) is 36.1 Å². The number of carbonyl (C=O) groups excluding carboxylic acids is 2. The molecule has 0 bridgehead atoms. The minimum atomic E-state index is -4.39. The van der Waals surface area contributed by atoms with E-state index < -0.39 is 17.3 Å². The maximum absolute atomic E-state index is 13.4. The molecule has 2 aromatic rings. The summed E-state index contributed by atoms with van der Waals surface area (Å²) in [6.07, 6.45) is -0.0675. The summed E-state index contributed by atoms with van der Waals surface area (Å²) < 4.78 is 38.3. The third-order valence-corrected chi connectivity index (χ3v) is 6.43. The minimum Gasteiger partial charge on any atom is -0.350 e. The summed E-state index contributed by atoms with van der Waals surface area (Å²) in [6, 6.07) is 14.4. The van der Waals surface area contributed by atoms with Gasteiger partial charge in [-0.2, -0.15) is 13.2 Å².